The van der Waals surface area contributed by atoms with E-state index in [9.17, 15) is 4.79 Å². The van der Waals surface area contributed by atoms with E-state index in [1.807, 2.05) is 0 Å². The molecule has 0 bridgehead atoms. The Bertz CT molecular complexity index is 597. The summed E-state index contributed by atoms with van der Waals surface area (Å²) in [6.07, 6.45) is 0. The van der Waals surface area contributed by atoms with Crippen LogP contribution in [-0.2, 0) is 0 Å². The number of rotatable bonds is 2. The van der Waals surface area contributed by atoms with Crippen LogP contribution in [0.4, 0.5) is 5.69 Å². The largest absolute Gasteiger partial charge is 0.475 e. The van der Waals surface area contributed by atoms with Gasteiger partial charge in [0, 0.05) is 0 Å². The molecule has 8 heteroatoms. The summed E-state index contributed by atoms with van der Waals surface area (Å²) in [5.41, 5.74) is 6.08. The molecule has 0 aliphatic heterocycles. The molecule has 0 aliphatic rings. The minimum Gasteiger partial charge on any atom is -0.475 e. The SMILES string of the molecule is Nc1c(Cl)ccc(Cl)c1-c1nc(C(=O)O)no1. The first-order valence-electron chi connectivity index (χ1n) is 4.31. The Balaban J connectivity index is 2.60. The number of halogens is 2. The van der Waals surface area contributed by atoms with Crippen molar-refractivity contribution >= 4 is 34.9 Å². The van der Waals surface area contributed by atoms with Crippen molar-refractivity contribution in [2.45, 2.75) is 0 Å². The summed E-state index contributed by atoms with van der Waals surface area (Å²) in [5, 5.41) is 12.4. The van der Waals surface area contributed by atoms with Crippen molar-refractivity contribution in [3.8, 4) is 11.5 Å². The second kappa shape index (κ2) is 4.23. The summed E-state index contributed by atoms with van der Waals surface area (Å²) < 4.78 is 4.76. The third-order valence-electron chi connectivity index (χ3n) is 1.97. The van der Waals surface area contributed by atoms with Crippen molar-refractivity contribution in [1.82, 2.24) is 10.1 Å². The van der Waals surface area contributed by atoms with E-state index >= 15 is 0 Å². The van der Waals surface area contributed by atoms with E-state index in [4.69, 9.17) is 38.6 Å². The van der Waals surface area contributed by atoms with Gasteiger partial charge in [-0.25, -0.2) is 4.79 Å². The number of nitrogens with zero attached hydrogens (tertiary/aromatic N) is 2. The average molecular weight is 274 g/mol. The van der Waals surface area contributed by atoms with Crippen molar-refractivity contribution in [3.63, 3.8) is 0 Å². The molecule has 0 unspecified atom stereocenters. The molecule has 0 saturated heterocycles. The number of nitrogen functional groups attached to an aromatic ring is 1. The van der Waals surface area contributed by atoms with Crippen LogP contribution in [0.3, 0.4) is 0 Å². The van der Waals surface area contributed by atoms with E-state index in [2.05, 4.69) is 10.1 Å². The molecular weight excluding hydrogens is 269 g/mol. The van der Waals surface area contributed by atoms with E-state index in [1.54, 1.807) is 0 Å². The standard InChI is InChI=1S/C9H5Cl2N3O3/c10-3-1-2-4(11)6(12)5(3)8-13-7(9(15)16)14-17-8/h1-2H,12H2,(H,15,16). The van der Waals surface area contributed by atoms with Crippen molar-refractivity contribution in [3.05, 3.63) is 28.0 Å². The van der Waals surface area contributed by atoms with Gasteiger partial charge in [0.1, 0.15) is 0 Å². The molecule has 0 spiro atoms. The lowest BCUT2D eigenvalue weighted by atomic mass is 10.2. The maximum atomic E-state index is 10.6. The van der Waals surface area contributed by atoms with Crippen LogP contribution in [0.2, 0.25) is 10.0 Å². The van der Waals surface area contributed by atoms with Gasteiger partial charge in [0.15, 0.2) is 0 Å². The summed E-state index contributed by atoms with van der Waals surface area (Å²) in [7, 11) is 0. The molecule has 1 aromatic heterocycles. The zero-order valence-corrected chi connectivity index (χ0v) is 9.66. The van der Waals surface area contributed by atoms with Gasteiger partial charge in [-0.1, -0.05) is 23.2 Å². The van der Waals surface area contributed by atoms with Crippen LogP contribution in [0.1, 0.15) is 10.6 Å². The van der Waals surface area contributed by atoms with Gasteiger partial charge in [-0.2, -0.15) is 4.98 Å². The Morgan fingerprint density at radius 1 is 1.35 bits per heavy atom. The fourth-order valence-electron chi connectivity index (χ4n) is 1.20. The van der Waals surface area contributed by atoms with Crippen LogP contribution in [0.5, 0.6) is 0 Å². The Morgan fingerprint density at radius 3 is 2.59 bits per heavy atom. The third kappa shape index (κ3) is 2.04. The fraction of sp³-hybridized carbons (Fsp3) is 0. The molecule has 3 N–H and O–H groups in total. The predicted octanol–water partition coefficient (Wildman–Crippen LogP) is 2.32. The summed E-state index contributed by atoms with van der Waals surface area (Å²) in [6.45, 7) is 0. The number of anilines is 1. The maximum absolute atomic E-state index is 10.6. The fourth-order valence-corrected chi connectivity index (χ4v) is 1.60. The maximum Gasteiger partial charge on any atom is 0.377 e. The number of hydrogen-bond acceptors (Lipinski definition) is 5. The van der Waals surface area contributed by atoms with Crippen LogP contribution in [0.25, 0.3) is 11.5 Å². The lowest BCUT2D eigenvalue weighted by Crippen LogP contribution is -1.98. The number of benzene rings is 1. The smallest absolute Gasteiger partial charge is 0.377 e. The van der Waals surface area contributed by atoms with Crippen LogP contribution >= 0.6 is 23.2 Å². The quantitative estimate of drug-likeness (QED) is 0.814. The highest BCUT2D eigenvalue weighted by molar-refractivity contribution is 6.37. The van der Waals surface area contributed by atoms with Crippen LogP contribution in [0.15, 0.2) is 16.7 Å². The van der Waals surface area contributed by atoms with Crippen molar-refractivity contribution in [1.29, 1.82) is 0 Å². The van der Waals surface area contributed by atoms with Gasteiger partial charge in [-0.15, -0.1) is 0 Å². The number of aromatic nitrogens is 2. The second-order valence-electron chi connectivity index (χ2n) is 3.05. The Kier molecular flexibility index (Phi) is 2.91. The second-order valence-corrected chi connectivity index (χ2v) is 3.86. The summed E-state index contributed by atoms with van der Waals surface area (Å²) in [4.78, 5) is 14.2. The van der Waals surface area contributed by atoms with Crippen LogP contribution in [-0.4, -0.2) is 21.2 Å². The number of nitrogens with two attached hydrogens (primary N) is 1. The monoisotopic (exact) mass is 273 g/mol. The highest BCUT2D eigenvalue weighted by Gasteiger charge is 2.19. The van der Waals surface area contributed by atoms with Gasteiger partial charge in [-0.3, -0.25) is 0 Å². The highest BCUT2D eigenvalue weighted by Crippen LogP contribution is 2.36. The molecule has 0 aliphatic carbocycles. The van der Waals surface area contributed by atoms with Gasteiger partial charge < -0.3 is 15.4 Å². The van der Waals surface area contributed by atoms with Crippen LogP contribution in [0, 0.1) is 0 Å². The number of aromatic carboxylic acids is 1. The van der Waals surface area contributed by atoms with Gasteiger partial charge in [0.05, 0.1) is 21.3 Å². The van der Waals surface area contributed by atoms with Gasteiger partial charge in [-0.05, 0) is 17.3 Å². The number of hydrogen-bond donors (Lipinski definition) is 2. The van der Waals surface area contributed by atoms with E-state index in [-0.39, 0.29) is 27.2 Å². The molecular formula is C9H5Cl2N3O3. The topological polar surface area (TPSA) is 102 Å². The zero-order valence-electron chi connectivity index (χ0n) is 8.15. The van der Waals surface area contributed by atoms with E-state index in [0.29, 0.717) is 0 Å². The Morgan fingerprint density at radius 2 is 2.00 bits per heavy atom. The molecule has 6 nitrogen and oxygen atoms in total. The molecule has 2 rings (SSSR count). The molecule has 17 heavy (non-hydrogen) atoms. The number of carbonyl (C=O) groups is 1. The van der Waals surface area contributed by atoms with Gasteiger partial charge in [0.2, 0.25) is 0 Å². The molecule has 0 fully saturated rings. The van der Waals surface area contributed by atoms with Gasteiger partial charge in [0.25, 0.3) is 11.7 Å². The third-order valence-corrected chi connectivity index (χ3v) is 2.62. The van der Waals surface area contributed by atoms with Crippen molar-refractivity contribution in [2.24, 2.45) is 0 Å². The normalized spacial score (nSPS) is 10.5. The minimum absolute atomic E-state index is 0.0904. The Hall–Kier alpha value is -1.79. The van der Waals surface area contributed by atoms with E-state index in [1.165, 1.54) is 12.1 Å². The molecule has 2 aromatic rings. The summed E-state index contributed by atoms with van der Waals surface area (Å²) in [5.74, 6) is -1.88. The average Bonchev–Trinajstić information content (AvgIpc) is 2.73. The number of carboxylic acids is 1. The summed E-state index contributed by atoms with van der Waals surface area (Å²) >= 11 is 11.7. The van der Waals surface area contributed by atoms with Crippen LogP contribution < -0.4 is 5.73 Å². The Labute approximate surface area is 105 Å². The van der Waals surface area contributed by atoms with Gasteiger partial charge >= 0.3 is 5.97 Å². The van der Waals surface area contributed by atoms with E-state index < -0.39 is 11.8 Å². The first-order valence-corrected chi connectivity index (χ1v) is 5.07. The molecule has 0 saturated carbocycles. The molecule has 88 valence electrons. The highest BCUT2D eigenvalue weighted by atomic mass is 35.5. The van der Waals surface area contributed by atoms with E-state index in [0.717, 1.165) is 0 Å². The molecule has 0 atom stereocenters. The number of carboxylic acid groups (broad SMARTS) is 1. The lowest BCUT2D eigenvalue weighted by Gasteiger charge is -2.04. The summed E-state index contributed by atoms with van der Waals surface area (Å²) in [6, 6.07) is 3.01. The first kappa shape index (κ1) is 11.7. The molecule has 1 heterocycles. The molecule has 1 aromatic carbocycles. The lowest BCUT2D eigenvalue weighted by molar-refractivity contribution is 0.0680. The van der Waals surface area contributed by atoms with Crippen molar-refractivity contribution < 1.29 is 14.4 Å². The first-order chi connectivity index (χ1) is 8.00. The van der Waals surface area contributed by atoms with Crippen molar-refractivity contribution in [2.75, 3.05) is 5.73 Å². The molecule has 0 amide bonds. The zero-order chi connectivity index (χ0) is 12.6. The minimum atomic E-state index is -1.31. The molecule has 0 radical (unpaired) electrons. The predicted molar refractivity (Wildman–Crippen MR) is 61.1 cm³/mol.